The van der Waals surface area contributed by atoms with Gasteiger partial charge in [-0.1, -0.05) is 0 Å². The zero-order chi connectivity index (χ0) is 8.67. The molecule has 0 atom stereocenters. The van der Waals surface area contributed by atoms with E-state index in [1.165, 1.54) is 12.8 Å². The van der Waals surface area contributed by atoms with Gasteiger partial charge in [0.25, 0.3) is 0 Å². The molecule has 0 aromatic carbocycles. The highest BCUT2D eigenvalue weighted by Gasteiger charge is 2.22. The van der Waals surface area contributed by atoms with Crippen LogP contribution in [0.5, 0.6) is 0 Å². The van der Waals surface area contributed by atoms with Gasteiger partial charge in [0.1, 0.15) is 17.0 Å². The van der Waals surface area contributed by atoms with Gasteiger partial charge in [0.05, 0.1) is 5.39 Å². The van der Waals surface area contributed by atoms with E-state index in [9.17, 15) is 0 Å². The van der Waals surface area contributed by atoms with Crippen molar-refractivity contribution in [2.24, 2.45) is 0 Å². The second kappa shape index (κ2) is 2.67. The summed E-state index contributed by atoms with van der Waals surface area (Å²) in [5.74, 6) is 0.994. The van der Waals surface area contributed by atoms with Crippen molar-refractivity contribution in [1.82, 2.24) is 9.97 Å². The van der Waals surface area contributed by atoms with E-state index in [4.69, 9.17) is 0 Å². The summed E-state index contributed by atoms with van der Waals surface area (Å²) in [6.07, 6.45) is 4.18. The SMILES string of the molecule is c1nc(NC2CC2)c2ccsc2n1. The number of aromatic nitrogens is 2. The molecule has 1 fully saturated rings. The zero-order valence-electron chi connectivity index (χ0n) is 7.03. The molecule has 0 radical (unpaired) electrons. The third kappa shape index (κ3) is 1.27. The van der Waals surface area contributed by atoms with Gasteiger partial charge in [-0.15, -0.1) is 11.3 Å². The number of hydrogen-bond donors (Lipinski definition) is 1. The van der Waals surface area contributed by atoms with Crippen molar-refractivity contribution in [2.45, 2.75) is 18.9 Å². The van der Waals surface area contributed by atoms with Gasteiger partial charge < -0.3 is 5.32 Å². The first-order valence-corrected chi connectivity index (χ1v) is 5.26. The van der Waals surface area contributed by atoms with Crippen LogP contribution in [0.25, 0.3) is 10.2 Å². The van der Waals surface area contributed by atoms with Crippen LogP contribution in [0.4, 0.5) is 5.82 Å². The summed E-state index contributed by atoms with van der Waals surface area (Å²) in [7, 11) is 0. The van der Waals surface area contributed by atoms with E-state index in [1.54, 1.807) is 17.7 Å². The van der Waals surface area contributed by atoms with Gasteiger partial charge in [0.15, 0.2) is 0 Å². The minimum Gasteiger partial charge on any atom is -0.367 e. The molecule has 0 saturated heterocycles. The highest BCUT2D eigenvalue weighted by molar-refractivity contribution is 7.16. The molecular formula is C9H9N3S. The fraction of sp³-hybridized carbons (Fsp3) is 0.333. The minimum atomic E-state index is 0.651. The molecule has 2 aromatic rings. The number of hydrogen-bond acceptors (Lipinski definition) is 4. The fourth-order valence-corrected chi connectivity index (χ4v) is 2.06. The summed E-state index contributed by atoms with van der Waals surface area (Å²) in [5, 5.41) is 6.61. The van der Waals surface area contributed by atoms with Gasteiger partial charge in [-0.05, 0) is 24.3 Å². The van der Waals surface area contributed by atoms with Gasteiger partial charge in [-0.25, -0.2) is 9.97 Å². The molecule has 0 spiro atoms. The normalized spacial score (nSPS) is 16.3. The largest absolute Gasteiger partial charge is 0.367 e. The molecular weight excluding hydrogens is 182 g/mol. The zero-order valence-corrected chi connectivity index (χ0v) is 7.84. The lowest BCUT2D eigenvalue weighted by Gasteiger charge is -2.02. The van der Waals surface area contributed by atoms with Gasteiger partial charge in [-0.2, -0.15) is 0 Å². The number of nitrogens with one attached hydrogen (secondary N) is 1. The van der Waals surface area contributed by atoms with E-state index in [2.05, 4.69) is 26.7 Å². The van der Waals surface area contributed by atoms with E-state index in [-0.39, 0.29) is 0 Å². The summed E-state index contributed by atoms with van der Waals surface area (Å²) < 4.78 is 0. The average Bonchev–Trinajstić information content (AvgIpc) is 2.83. The summed E-state index contributed by atoms with van der Waals surface area (Å²) in [6.45, 7) is 0. The van der Waals surface area contributed by atoms with E-state index < -0.39 is 0 Å². The third-order valence-corrected chi connectivity index (χ3v) is 3.00. The highest BCUT2D eigenvalue weighted by atomic mass is 32.1. The van der Waals surface area contributed by atoms with Crippen LogP contribution in [0.2, 0.25) is 0 Å². The van der Waals surface area contributed by atoms with E-state index in [0.29, 0.717) is 6.04 Å². The Morgan fingerprint density at radius 1 is 1.38 bits per heavy atom. The van der Waals surface area contributed by atoms with Crippen LogP contribution in [0.3, 0.4) is 0 Å². The predicted molar refractivity (Wildman–Crippen MR) is 54.1 cm³/mol. The Hall–Kier alpha value is -1.16. The molecule has 0 unspecified atom stereocenters. The second-order valence-corrected chi connectivity index (χ2v) is 4.17. The Bertz CT molecular complexity index is 433. The van der Waals surface area contributed by atoms with Crippen LogP contribution in [0, 0.1) is 0 Å². The molecule has 0 amide bonds. The molecule has 3 rings (SSSR count). The van der Waals surface area contributed by atoms with Crippen molar-refractivity contribution in [3.8, 4) is 0 Å². The number of rotatable bonds is 2. The van der Waals surface area contributed by atoms with E-state index in [0.717, 1.165) is 16.0 Å². The van der Waals surface area contributed by atoms with Crippen molar-refractivity contribution in [1.29, 1.82) is 0 Å². The molecule has 3 nitrogen and oxygen atoms in total. The van der Waals surface area contributed by atoms with Gasteiger partial charge >= 0.3 is 0 Å². The number of anilines is 1. The smallest absolute Gasteiger partial charge is 0.138 e. The Morgan fingerprint density at radius 3 is 3.15 bits per heavy atom. The summed E-state index contributed by atoms with van der Waals surface area (Å²) in [4.78, 5) is 9.51. The molecule has 2 heterocycles. The lowest BCUT2D eigenvalue weighted by molar-refractivity contribution is 1.11. The van der Waals surface area contributed by atoms with Gasteiger partial charge in [0.2, 0.25) is 0 Å². The van der Waals surface area contributed by atoms with Crippen LogP contribution in [0.15, 0.2) is 17.8 Å². The first-order chi connectivity index (χ1) is 6.43. The Balaban J connectivity index is 2.09. The lowest BCUT2D eigenvalue weighted by atomic mass is 10.4. The molecule has 2 aromatic heterocycles. The van der Waals surface area contributed by atoms with Gasteiger partial charge in [-0.3, -0.25) is 0 Å². The molecule has 1 aliphatic carbocycles. The van der Waals surface area contributed by atoms with E-state index in [1.807, 2.05) is 0 Å². The fourth-order valence-electron chi connectivity index (χ4n) is 1.33. The quantitative estimate of drug-likeness (QED) is 0.791. The molecule has 0 bridgehead atoms. The monoisotopic (exact) mass is 191 g/mol. The lowest BCUT2D eigenvalue weighted by Crippen LogP contribution is -2.03. The first-order valence-electron chi connectivity index (χ1n) is 4.38. The molecule has 66 valence electrons. The van der Waals surface area contributed by atoms with Crippen LogP contribution in [-0.4, -0.2) is 16.0 Å². The molecule has 13 heavy (non-hydrogen) atoms. The highest BCUT2D eigenvalue weighted by Crippen LogP contribution is 2.29. The second-order valence-electron chi connectivity index (χ2n) is 3.28. The molecule has 1 aliphatic rings. The predicted octanol–water partition coefficient (Wildman–Crippen LogP) is 2.27. The molecule has 1 saturated carbocycles. The van der Waals surface area contributed by atoms with E-state index >= 15 is 0 Å². The Labute approximate surface area is 79.8 Å². The van der Waals surface area contributed by atoms with Crippen molar-refractivity contribution in [3.05, 3.63) is 17.8 Å². The van der Waals surface area contributed by atoms with Gasteiger partial charge in [0, 0.05) is 6.04 Å². The summed E-state index contributed by atoms with van der Waals surface area (Å²) in [5.41, 5.74) is 0. The Morgan fingerprint density at radius 2 is 2.31 bits per heavy atom. The molecule has 0 aliphatic heterocycles. The Kier molecular flexibility index (Phi) is 1.49. The maximum Gasteiger partial charge on any atom is 0.138 e. The van der Waals surface area contributed by atoms with Crippen molar-refractivity contribution in [3.63, 3.8) is 0 Å². The summed E-state index contributed by atoms with van der Waals surface area (Å²) >= 11 is 1.66. The first kappa shape index (κ1) is 7.26. The third-order valence-electron chi connectivity index (χ3n) is 2.18. The topological polar surface area (TPSA) is 37.8 Å². The van der Waals surface area contributed by atoms with Crippen molar-refractivity contribution < 1.29 is 0 Å². The number of thiophene rings is 1. The molecule has 4 heteroatoms. The van der Waals surface area contributed by atoms with Crippen LogP contribution in [-0.2, 0) is 0 Å². The van der Waals surface area contributed by atoms with Crippen LogP contribution >= 0.6 is 11.3 Å². The standard InChI is InChI=1S/C9H9N3S/c1-2-6(1)12-8-7-3-4-13-9(7)11-5-10-8/h3-6H,1-2H2,(H,10,11,12). The number of nitrogens with zero attached hydrogens (tertiary/aromatic N) is 2. The maximum absolute atomic E-state index is 4.24. The van der Waals surface area contributed by atoms with Crippen LogP contribution < -0.4 is 5.32 Å². The van der Waals surface area contributed by atoms with Crippen molar-refractivity contribution >= 4 is 27.4 Å². The maximum atomic E-state index is 4.24. The number of fused-ring (bicyclic) bond motifs is 1. The minimum absolute atomic E-state index is 0.651. The van der Waals surface area contributed by atoms with Crippen molar-refractivity contribution in [2.75, 3.05) is 5.32 Å². The van der Waals surface area contributed by atoms with Crippen LogP contribution in [0.1, 0.15) is 12.8 Å². The molecule has 1 N–H and O–H groups in total. The summed E-state index contributed by atoms with van der Waals surface area (Å²) in [6, 6.07) is 2.73. The average molecular weight is 191 g/mol.